The van der Waals surface area contributed by atoms with E-state index in [9.17, 15) is 0 Å². The average molecular weight is 268 g/mol. The second-order valence-corrected chi connectivity index (χ2v) is 7.79. The minimum Gasteiger partial charge on any atom is -0.311 e. The largest absolute Gasteiger partial charge is 0.311 e. The smallest absolute Gasteiger partial charge is 0.00967 e. The van der Waals surface area contributed by atoms with E-state index in [2.05, 4.69) is 51.8 Å². The third-order valence-corrected chi connectivity index (χ3v) is 4.79. The van der Waals surface area contributed by atoms with E-state index in [4.69, 9.17) is 0 Å². The molecule has 2 nitrogen and oxygen atoms in total. The third-order valence-electron chi connectivity index (χ3n) is 4.79. The molecule has 1 saturated heterocycles. The Morgan fingerprint density at radius 2 is 1.79 bits per heavy atom. The number of hydrogen-bond donors (Lipinski definition) is 1. The number of rotatable bonds is 6. The van der Waals surface area contributed by atoms with Crippen molar-refractivity contribution in [2.45, 2.75) is 72.8 Å². The van der Waals surface area contributed by atoms with Crippen molar-refractivity contribution in [3.63, 3.8) is 0 Å². The first kappa shape index (κ1) is 17.0. The average Bonchev–Trinajstić information content (AvgIpc) is 2.34. The second-order valence-electron chi connectivity index (χ2n) is 7.79. The van der Waals surface area contributed by atoms with Gasteiger partial charge in [0, 0.05) is 25.2 Å². The minimum absolute atomic E-state index is 0.227. The number of hydrogen-bond acceptors (Lipinski definition) is 2. The maximum absolute atomic E-state index is 3.74. The summed E-state index contributed by atoms with van der Waals surface area (Å²) in [6.07, 6.45) is 5.36. The molecular weight excluding hydrogens is 232 g/mol. The molecule has 1 aliphatic rings. The molecule has 1 rings (SSSR count). The fraction of sp³-hybridized carbons (Fsp3) is 1.00. The van der Waals surface area contributed by atoms with Gasteiger partial charge in [0.1, 0.15) is 0 Å². The highest BCUT2D eigenvalue weighted by Gasteiger charge is 2.31. The lowest BCUT2D eigenvalue weighted by Crippen LogP contribution is -2.50. The van der Waals surface area contributed by atoms with Crippen LogP contribution in [0.1, 0.15) is 67.2 Å². The third kappa shape index (κ3) is 5.83. The zero-order chi connectivity index (χ0) is 14.5. The van der Waals surface area contributed by atoms with Gasteiger partial charge in [-0.05, 0) is 64.3 Å². The van der Waals surface area contributed by atoms with Crippen molar-refractivity contribution in [2.75, 3.05) is 26.2 Å². The maximum atomic E-state index is 3.74. The number of likely N-dealkylation sites (tertiary alicyclic amines) is 1. The lowest BCUT2D eigenvalue weighted by atomic mass is 9.80. The normalized spacial score (nSPS) is 22.7. The molecular formula is C17H36N2. The summed E-state index contributed by atoms with van der Waals surface area (Å²) in [6, 6.07) is 0. The molecule has 0 bridgehead atoms. The van der Waals surface area contributed by atoms with Gasteiger partial charge < -0.3 is 10.2 Å². The van der Waals surface area contributed by atoms with Crippen LogP contribution in [-0.2, 0) is 0 Å². The van der Waals surface area contributed by atoms with Gasteiger partial charge >= 0.3 is 0 Å². The van der Waals surface area contributed by atoms with Crippen molar-refractivity contribution >= 4 is 0 Å². The minimum atomic E-state index is 0.227. The number of nitrogens with zero attached hydrogens (tertiary/aromatic N) is 1. The van der Waals surface area contributed by atoms with Gasteiger partial charge in [-0.1, -0.05) is 20.8 Å². The highest BCUT2D eigenvalue weighted by Crippen LogP contribution is 2.29. The lowest BCUT2D eigenvalue weighted by Gasteiger charge is -2.42. The van der Waals surface area contributed by atoms with Crippen LogP contribution in [0.15, 0.2) is 0 Å². The summed E-state index contributed by atoms with van der Waals surface area (Å²) >= 11 is 0. The van der Waals surface area contributed by atoms with Crippen LogP contribution in [-0.4, -0.2) is 36.6 Å². The Hall–Kier alpha value is -0.0800. The van der Waals surface area contributed by atoms with Crippen molar-refractivity contribution in [3.05, 3.63) is 0 Å². The van der Waals surface area contributed by atoms with Gasteiger partial charge in [-0.25, -0.2) is 0 Å². The van der Waals surface area contributed by atoms with E-state index in [0.717, 1.165) is 12.5 Å². The first-order chi connectivity index (χ1) is 8.80. The van der Waals surface area contributed by atoms with Crippen LogP contribution in [0.4, 0.5) is 0 Å². The van der Waals surface area contributed by atoms with Crippen LogP contribution in [0, 0.1) is 11.3 Å². The molecule has 1 N–H and O–H groups in total. The van der Waals surface area contributed by atoms with Gasteiger partial charge in [0.15, 0.2) is 0 Å². The molecule has 0 aromatic heterocycles. The van der Waals surface area contributed by atoms with E-state index in [1.54, 1.807) is 0 Å². The molecule has 2 heteroatoms. The molecule has 0 aliphatic carbocycles. The zero-order valence-corrected chi connectivity index (χ0v) is 14.2. The summed E-state index contributed by atoms with van der Waals surface area (Å²) in [4.78, 5) is 2.71. The van der Waals surface area contributed by atoms with Crippen molar-refractivity contribution in [1.82, 2.24) is 10.2 Å². The molecule has 1 aliphatic heterocycles. The standard InChI is InChI=1S/C17H36N2/c1-7-17(8-2,13-18-16(4,5)6)14-19-11-9-10-15(3)12-19/h15,18H,7-14H2,1-6H3. The van der Waals surface area contributed by atoms with Crippen molar-refractivity contribution < 1.29 is 0 Å². The van der Waals surface area contributed by atoms with Crippen molar-refractivity contribution in [3.8, 4) is 0 Å². The predicted molar refractivity (Wildman–Crippen MR) is 85.6 cm³/mol. The van der Waals surface area contributed by atoms with Crippen LogP contribution in [0.3, 0.4) is 0 Å². The Labute approximate surface area is 121 Å². The van der Waals surface area contributed by atoms with Crippen molar-refractivity contribution in [2.24, 2.45) is 11.3 Å². The van der Waals surface area contributed by atoms with Gasteiger partial charge in [-0.2, -0.15) is 0 Å². The van der Waals surface area contributed by atoms with Gasteiger partial charge in [0.05, 0.1) is 0 Å². The number of piperidine rings is 1. The first-order valence-electron chi connectivity index (χ1n) is 8.27. The summed E-state index contributed by atoms with van der Waals surface area (Å²) < 4.78 is 0. The SMILES string of the molecule is CCC(CC)(CNC(C)(C)C)CN1CCCC(C)C1. The van der Waals surface area contributed by atoms with E-state index in [-0.39, 0.29) is 5.54 Å². The Morgan fingerprint density at radius 3 is 2.26 bits per heavy atom. The molecule has 0 aromatic carbocycles. The molecule has 0 saturated carbocycles. The van der Waals surface area contributed by atoms with Gasteiger partial charge in [0.25, 0.3) is 0 Å². The Balaban J connectivity index is 2.59. The highest BCUT2D eigenvalue weighted by molar-refractivity contribution is 4.87. The summed E-state index contributed by atoms with van der Waals surface area (Å²) in [7, 11) is 0. The maximum Gasteiger partial charge on any atom is 0.00967 e. The molecule has 1 heterocycles. The fourth-order valence-electron chi connectivity index (χ4n) is 3.14. The molecule has 19 heavy (non-hydrogen) atoms. The monoisotopic (exact) mass is 268 g/mol. The van der Waals surface area contributed by atoms with Crippen LogP contribution in [0.2, 0.25) is 0 Å². The van der Waals surface area contributed by atoms with Gasteiger partial charge in [-0.3, -0.25) is 0 Å². The Bertz CT molecular complexity index is 250. The molecule has 0 amide bonds. The fourth-order valence-corrected chi connectivity index (χ4v) is 3.14. The van der Waals surface area contributed by atoms with E-state index in [1.807, 2.05) is 0 Å². The molecule has 0 radical (unpaired) electrons. The zero-order valence-electron chi connectivity index (χ0n) is 14.2. The molecule has 0 aromatic rings. The highest BCUT2D eigenvalue weighted by atomic mass is 15.1. The topological polar surface area (TPSA) is 15.3 Å². The van der Waals surface area contributed by atoms with E-state index in [1.165, 1.54) is 45.3 Å². The van der Waals surface area contributed by atoms with E-state index >= 15 is 0 Å². The number of nitrogens with one attached hydrogen (secondary N) is 1. The van der Waals surface area contributed by atoms with Gasteiger partial charge in [-0.15, -0.1) is 0 Å². The summed E-state index contributed by atoms with van der Waals surface area (Å²) in [5, 5.41) is 3.74. The Kier molecular flexibility index (Phi) is 6.32. The van der Waals surface area contributed by atoms with E-state index in [0.29, 0.717) is 5.41 Å². The van der Waals surface area contributed by atoms with Crippen LogP contribution in [0.25, 0.3) is 0 Å². The molecule has 114 valence electrons. The molecule has 1 unspecified atom stereocenters. The van der Waals surface area contributed by atoms with Crippen molar-refractivity contribution in [1.29, 1.82) is 0 Å². The van der Waals surface area contributed by atoms with Crippen LogP contribution in [0.5, 0.6) is 0 Å². The molecule has 0 spiro atoms. The molecule has 1 atom stereocenters. The lowest BCUT2D eigenvalue weighted by molar-refractivity contribution is 0.0929. The van der Waals surface area contributed by atoms with Crippen LogP contribution >= 0.6 is 0 Å². The predicted octanol–water partition coefficient (Wildman–Crippen LogP) is 3.91. The van der Waals surface area contributed by atoms with Gasteiger partial charge in [0.2, 0.25) is 0 Å². The van der Waals surface area contributed by atoms with E-state index < -0.39 is 0 Å². The summed E-state index contributed by atoms with van der Waals surface area (Å²) in [5.74, 6) is 0.885. The first-order valence-corrected chi connectivity index (χ1v) is 8.27. The summed E-state index contributed by atoms with van der Waals surface area (Å²) in [5.41, 5.74) is 0.676. The Morgan fingerprint density at radius 1 is 1.16 bits per heavy atom. The second kappa shape index (κ2) is 7.08. The van der Waals surface area contributed by atoms with Crippen LogP contribution < -0.4 is 5.32 Å². The molecule has 1 fully saturated rings. The summed E-state index contributed by atoms with van der Waals surface area (Å²) in [6.45, 7) is 19.0. The quantitative estimate of drug-likeness (QED) is 0.785.